The summed E-state index contributed by atoms with van der Waals surface area (Å²) in [4.78, 5) is 24.9. The van der Waals surface area contributed by atoms with E-state index in [1.807, 2.05) is 13.8 Å². The fourth-order valence-corrected chi connectivity index (χ4v) is 3.01. The van der Waals surface area contributed by atoms with Crippen LogP contribution in [0.5, 0.6) is 11.5 Å². The number of nitrogens with zero attached hydrogens (tertiary/aromatic N) is 1. The molecule has 1 aliphatic heterocycles. The molecule has 1 aliphatic rings. The summed E-state index contributed by atoms with van der Waals surface area (Å²) in [5.41, 5.74) is 0.669. The van der Waals surface area contributed by atoms with E-state index in [4.69, 9.17) is 21.1 Å². The fourth-order valence-electron chi connectivity index (χ4n) is 1.92. The number of hydrogen-bond donors (Lipinski definition) is 0. The van der Waals surface area contributed by atoms with Gasteiger partial charge in [0.1, 0.15) is 0 Å². The van der Waals surface area contributed by atoms with Gasteiger partial charge in [-0.3, -0.25) is 14.5 Å². The normalized spacial score (nSPS) is 17.8. The molecule has 0 radical (unpaired) electrons. The average molecular weight is 356 g/mol. The third-order valence-electron chi connectivity index (χ3n) is 3.43. The molecule has 7 heteroatoms. The second-order valence-electron chi connectivity index (χ2n) is 5.11. The van der Waals surface area contributed by atoms with E-state index in [1.165, 1.54) is 14.2 Å². The Morgan fingerprint density at radius 2 is 2.09 bits per heavy atom. The van der Waals surface area contributed by atoms with Crippen molar-refractivity contribution in [3.63, 3.8) is 0 Å². The summed E-state index contributed by atoms with van der Waals surface area (Å²) in [6.45, 7) is 3.96. The number of imide groups is 1. The van der Waals surface area contributed by atoms with Gasteiger partial charge in [0.05, 0.1) is 23.1 Å². The fraction of sp³-hybridized carbons (Fsp3) is 0.375. The molecule has 1 saturated heterocycles. The lowest BCUT2D eigenvalue weighted by molar-refractivity contribution is -0.121. The van der Waals surface area contributed by atoms with Gasteiger partial charge in [-0.25, -0.2) is 0 Å². The van der Waals surface area contributed by atoms with Crippen molar-refractivity contribution in [2.75, 3.05) is 14.2 Å². The molecular formula is C16H18ClNO4S. The highest BCUT2D eigenvalue weighted by atomic mass is 35.5. The number of carbonyl (C=O) groups excluding carboxylic acids is 2. The van der Waals surface area contributed by atoms with Gasteiger partial charge in [0.2, 0.25) is 0 Å². The number of thioether (sulfide) groups is 1. The summed E-state index contributed by atoms with van der Waals surface area (Å²) in [7, 11) is 2.98. The Hall–Kier alpha value is -1.66. The molecule has 1 atom stereocenters. The van der Waals surface area contributed by atoms with Crippen LogP contribution in [0.4, 0.5) is 4.79 Å². The summed E-state index contributed by atoms with van der Waals surface area (Å²) < 4.78 is 11.1. The molecule has 2 amide bonds. The third-order valence-corrected chi connectivity index (χ3v) is 4.67. The molecule has 23 heavy (non-hydrogen) atoms. The van der Waals surface area contributed by atoms with E-state index in [0.717, 1.165) is 23.1 Å². The van der Waals surface area contributed by atoms with Crippen LogP contribution in [0.3, 0.4) is 0 Å². The molecule has 2 rings (SSSR count). The molecule has 0 bridgehead atoms. The molecule has 1 heterocycles. The van der Waals surface area contributed by atoms with E-state index in [9.17, 15) is 9.59 Å². The van der Waals surface area contributed by atoms with E-state index in [1.54, 1.807) is 18.2 Å². The molecule has 0 unspecified atom stereocenters. The zero-order valence-electron chi connectivity index (χ0n) is 13.4. The smallest absolute Gasteiger partial charge is 0.293 e. The maximum absolute atomic E-state index is 11.9. The van der Waals surface area contributed by atoms with E-state index in [0.29, 0.717) is 27.0 Å². The van der Waals surface area contributed by atoms with Crippen LogP contribution in [0.15, 0.2) is 17.0 Å². The number of methoxy groups -OCH3 is 1. The molecule has 1 aromatic carbocycles. The predicted octanol–water partition coefficient (Wildman–Crippen LogP) is 4.19. The van der Waals surface area contributed by atoms with Crippen molar-refractivity contribution in [1.82, 2.24) is 4.90 Å². The number of amides is 2. The first-order valence-corrected chi connectivity index (χ1v) is 8.32. The summed E-state index contributed by atoms with van der Waals surface area (Å²) in [5, 5.41) is 0.0997. The van der Waals surface area contributed by atoms with Crippen molar-refractivity contribution in [2.24, 2.45) is 0 Å². The van der Waals surface area contributed by atoms with Gasteiger partial charge in [0, 0.05) is 7.05 Å². The summed E-state index contributed by atoms with van der Waals surface area (Å²) in [5.74, 6) is 0.638. The van der Waals surface area contributed by atoms with Crippen LogP contribution in [0.2, 0.25) is 5.02 Å². The molecule has 5 nitrogen and oxygen atoms in total. The van der Waals surface area contributed by atoms with Crippen LogP contribution < -0.4 is 9.47 Å². The zero-order valence-corrected chi connectivity index (χ0v) is 15.0. The Morgan fingerprint density at radius 3 is 2.61 bits per heavy atom. The van der Waals surface area contributed by atoms with Crippen molar-refractivity contribution in [3.8, 4) is 11.5 Å². The highest BCUT2D eigenvalue weighted by Crippen LogP contribution is 2.39. The van der Waals surface area contributed by atoms with Crippen LogP contribution in [-0.4, -0.2) is 36.3 Å². The predicted molar refractivity (Wildman–Crippen MR) is 92.1 cm³/mol. The van der Waals surface area contributed by atoms with Gasteiger partial charge >= 0.3 is 0 Å². The highest BCUT2D eigenvalue weighted by molar-refractivity contribution is 8.18. The average Bonchev–Trinajstić information content (AvgIpc) is 2.76. The second-order valence-corrected chi connectivity index (χ2v) is 6.51. The molecule has 1 aromatic rings. The molecule has 0 aromatic heterocycles. The summed E-state index contributed by atoms with van der Waals surface area (Å²) in [6, 6.07) is 3.42. The largest absolute Gasteiger partial charge is 0.493 e. The minimum Gasteiger partial charge on any atom is -0.493 e. The molecule has 0 N–H and O–H groups in total. The van der Waals surface area contributed by atoms with Gasteiger partial charge in [-0.15, -0.1) is 0 Å². The van der Waals surface area contributed by atoms with Crippen LogP contribution in [0, 0.1) is 0 Å². The number of likely N-dealkylation sites (N-methyl/N-ethyl adjacent to an activating group) is 1. The molecule has 0 saturated carbocycles. The van der Waals surface area contributed by atoms with Crippen molar-refractivity contribution in [2.45, 2.75) is 26.4 Å². The Morgan fingerprint density at radius 1 is 1.39 bits per heavy atom. The monoisotopic (exact) mass is 355 g/mol. The van der Waals surface area contributed by atoms with Crippen molar-refractivity contribution < 1.29 is 19.1 Å². The number of rotatable bonds is 5. The minimum absolute atomic E-state index is 0.00356. The van der Waals surface area contributed by atoms with Crippen LogP contribution in [0.1, 0.15) is 25.8 Å². The summed E-state index contributed by atoms with van der Waals surface area (Å²) in [6.07, 6.45) is 2.46. The maximum atomic E-state index is 11.9. The Bertz CT molecular complexity index is 674. The second kappa shape index (κ2) is 7.27. The van der Waals surface area contributed by atoms with Gasteiger partial charge in [0.15, 0.2) is 11.5 Å². The Labute approximate surface area is 144 Å². The quantitative estimate of drug-likeness (QED) is 0.741. The van der Waals surface area contributed by atoms with Gasteiger partial charge in [-0.1, -0.05) is 18.5 Å². The van der Waals surface area contributed by atoms with Crippen molar-refractivity contribution >= 4 is 40.6 Å². The molecule has 0 aliphatic carbocycles. The van der Waals surface area contributed by atoms with Crippen LogP contribution in [0.25, 0.3) is 6.08 Å². The zero-order chi connectivity index (χ0) is 17.1. The molecular weight excluding hydrogens is 338 g/mol. The van der Waals surface area contributed by atoms with Gasteiger partial charge < -0.3 is 9.47 Å². The Kier molecular flexibility index (Phi) is 5.59. The van der Waals surface area contributed by atoms with Crippen molar-refractivity contribution in [3.05, 3.63) is 27.6 Å². The lowest BCUT2D eigenvalue weighted by Crippen LogP contribution is -2.22. The standard InChI is InChI=1S/C16H18ClNO4S/c1-5-9(2)22-14-11(17)6-10(7-12(14)21-4)8-13-15(19)18(3)16(20)23-13/h6-9H,5H2,1-4H3/b13-8+/t9-/m1/s1. The van der Waals surface area contributed by atoms with Crippen molar-refractivity contribution in [1.29, 1.82) is 0 Å². The van der Waals surface area contributed by atoms with E-state index >= 15 is 0 Å². The van der Waals surface area contributed by atoms with Crippen LogP contribution in [-0.2, 0) is 4.79 Å². The van der Waals surface area contributed by atoms with E-state index in [2.05, 4.69) is 0 Å². The number of halogens is 1. The van der Waals surface area contributed by atoms with E-state index in [-0.39, 0.29) is 17.3 Å². The summed E-state index contributed by atoms with van der Waals surface area (Å²) >= 11 is 7.19. The van der Waals surface area contributed by atoms with Gasteiger partial charge in [0.25, 0.3) is 11.1 Å². The minimum atomic E-state index is -0.324. The van der Waals surface area contributed by atoms with Crippen LogP contribution >= 0.6 is 23.4 Å². The molecule has 1 fully saturated rings. The van der Waals surface area contributed by atoms with Gasteiger partial charge in [-0.05, 0) is 48.9 Å². The lowest BCUT2D eigenvalue weighted by Gasteiger charge is -2.17. The number of benzene rings is 1. The number of carbonyl (C=O) groups is 2. The molecule has 124 valence electrons. The topological polar surface area (TPSA) is 55.8 Å². The lowest BCUT2D eigenvalue weighted by atomic mass is 10.1. The molecule has 0 spiro atoms. The van der Waals surface area contributed by atoms with Gasteiger partial charge in [-0.2, -0.15) is 0 Å². The number of ether oxygens (including phenoxy) is 2. The first kappa shape index (κ1) is 17.7. The van der Waals surface area contributed by atoms with E-state index < -0.39 is 0 Å². The first-order chi connectivity index (χ1) is 10.9. The maximum Gasteiger partial charge on any atom is 0.293 e. The highest BCUT2D eigenvalue weighted by Gasteiger charge is 2.31. The first-order valence-electron chi connectivity index (χ1n) is 7.13. The third kappa shape index (κ3) is 3.82. The number of hydrogen-bond acceptors (Lipinski definition) is 5. The Balaban J connectivity index is 2.37. The SMILES string of the molecule is CC[C@@H](C)Oc1c(Cl)cc(/C=C2/SC(=O)N(C)C2=O)cc1OC.